The van der Waals surface area contributed by atoms with E-state index in [0.717, 1.165) is 28.8 Å². The van der Waals surface area contributed by atoms with Gasteiger partial charge < -0.3 is 4.74 Å². The minimum atomic E-state index is -4.42. The van der Waals surface area contributed by atoms with Crippen molar-refractivity contribution in [3.63, 3.8) is 0 Å². The Hall–Kier alpha value is -2.45. The first-order valence-electron chi connectivity index (χ1n) is 7.41. The van der Waals surface area contributed by atoms with E-state index in [2.05, 4.69) is 4.98 Å². The summed E-state index contributed by atoms with van der Waals surface area (Å²) in [6.07, 6.45) is -2.04. The second-order valence-corrected chi connectivity index (χ2v) is 6.86. The van der Waals surface area contributed by atoms with Crippen LogP contribution in [0.5, 0.6) is 0 Å². The molecule has 0 saturated heterocycles. The van der Waals surface area contributed by atoms with E-state index >= 15 is 0 Å². The van der Waals surface area contributed by atoms with Gasteiger partial charge >= 0.3 is 12.1 Å². The third kappa shape index (κ3) is 4.80. The van der Waals surface area contributed by atoms with Crippen molar-refractivity contribution >= 4 is 34.7 Å². The molecule has 0 unspecified atom stereocenters. The Morgan fingerprint density at radius 1 is 1.23 bits per heavy atom. The predicted molar refractivity (Wildman–Crippen MR) is 95.7 cm³/mol. The van der Waals surface area contributed by atoms with Crippen molar-refractivity contribution in [3.05, 3.63) is 69.4 Å². The van der Waals surface area contributed by atoms with Crippen LogP contribution in [0.2, 0.25) is 0 Å². The monoisotopic (exact) mass is 395 g/mol. The molecule has 0 radical (unpaired) electrons. The number of alkyl halides is 3. The van der Waals surface area contributed by atoms with Crippen molar-refractivity contribution in [2.45, 2.75) is 12.8 Å². The second kappa shape index (κ2) is 7.84. The van der Waals surface area contributed by atoms with E-state index in [1.54, 1.807) is 16.7 Å². The fourth-order valence-electron chi connectivity index (χ4n) is 2.07. The number of esters is 1. The fourth-order valence-corrected chi connectivity index (χ4v) is 3.58. The van der Waals surface area contributed by atoms with E-state index in [-0.39, 0.29) is 12.2 Å². The summed E-state index contributed by atoms with van der Waals surface area (Å²) in [5.74, 6) is -0.646. The molecule has 3 nitrogen and oxygen atoms in total. The Morgan fingerprint density at radius 2 is 2.08 bits per heavy atom. The highest BCUT2D eigenvalue weighted by molar-refractivity contribution is 7.14. The molecule has 0 bridgehead atoms. The first kappa shape index (κ1) is 18.3. The number of halogens is 3. The molecular weight excluding hydrogens is 383 g/mol. The fraction of sp³-hybridized carbons (Fsp3) is 0.111. The lowest BCUT2D eigenvalue weighted by Gasteiger charge is -2.06. The van der Waals surface area contributed by atoms with Crippen LogP contribution in [-0.2, 0) is 22.3 Å². The molecule has 0 amide bonds. The normalized spacial score (nSPS) is 11.8. The van der Waals surface area contributed by atoms with Crippen LogP contribution in [0.1, 0.15) is 16.8 Å². The van der Waals surface area contributed by atoms with E-state index in [9.17, 15) is 18.0 Å². The zero-order valence-electron chi connectivity index (χ0n) is 13.2. The van der Waals surface area contributed by atoms with Crippen molar-refractivity contribution in [2.24, 2.45) is 0 Å². The SMILES string of the molecule is O=C(/C=C/c1cccc(C(F)(F)F)c1)OCc1csc(-c2ccsc2)n1. The quantitative estimate of drug-likeness (QED) is 0.414. The molecule has 0 atom stereocenters. The predicted octanol–water partition coefficient (Wildman–Crippen LogP) is 5.65. The summed E-state index contributed by atoms with van der Waals surface area (Å²) >= 11 is 3.02. The lowest BCUT2D eigenvalue weighted by Crippen LogP contribution is -2.04. The molecule has 0 N–H and O–H groups in total. The summed E-state index contributed by atoms with van der Waals surface area (Å²) in [4.78, 5) is 16.1. The van der Waals surface area contributed by atoms with Gasteiger partial charge in [-0.05, 0) is 35.2 Å². The van der Waals surface area contributed by atoms with Crippen LogP contribution in [0, 0.1) is 0 Å². The highest BCUT2D eigenvalue weighted by Gasteiger charge is 2.30. The number of hydrogen-bond acceptors (Lipinski definition) is 5. The number of benzene rings is 1. The van der Waals surface area contributed by atoms with Crippen LogP contribution in [-0.4, -0.2) is 11.0 Å². The maximum absolute atomic E-state index is 12.7. The highest BCUT2D eigenvalue weighted by Crippen LogP contribution is 2.29. The molecule has 3 rings (SSSR count). The van der Waals surface area contributed by atoms with Gasteiger partial charge in [-0.1, -0.05) is 12.1 Å². The van der Waals surface area contributed by atoms with Gasteiger partial charge in [0.05, 0.1) is 11.3 Å². The van der Waals surface area contributed by atoms with Crippen LogP contribution >= 0.6 is 22.7 Å². The number of rotatable bonds is 5. The van der Waals surface area contributed by atoms with Gasteiger partial charge in [0.2, 0.25) is 0 Å². The van der Waals surface area contributed by atoms with Gasteiger partial charge in [-0.3, -0.25) is 0 Å². The second-order valence-electron chi connectivity index (χ2n) is 5.22. The number of aromatic nitrogens is 1. The van der Waals surface area contributed by atoms with Crippen molar-refractivity contribution < 1.29 is 22.7 Å². The van der Waals surface area contributed by atoms with Crippen LogP contribution in [0.3, 0.4) is 0 Å². The average Bonchev–Trinajstić information content (AvgIpc) is 3.29. The lowest BCUT2D eigenvalue weighted by atomic mass is 10.1. The van der Waals surface area contributed by atoms with Gasteiger partial charge in [0.15, 0.2) is 0 Å². The Labute approximate surface area is 155 Å². The molecule has 0 fully saturated rings. The number of hydrogen-bond donors (Lipinski definition) is 0. The molecule has 0 aliphatic heterocycles. The molecule has 2 aromatic heterocycles. The molecule has 134 valence electrons. The molecule has 1 aromatic carbocycles. The molecule has 26 heavy (non-hydrogen) atoms. The number of carbonyl (C=O) groups is 1. The van der Waals surface area contributed by atoms with Gasteiger partial charge in [-0.15, -0.1) is 11.3 Å². The number of thiazole rings is 1. The van der Waals surface area contributed by atoms with Crippen molar-refractivity contribution in [1.29, 1.82) is 0 Å². The number of nitrogens with zero attached hydrogens (tertiary/aromatic N) is 1. The molecule has 0 saturated carbocycles. The largest absolute Gasteiger partial charge is 0.456 e. The molecule has 3 aromatic rings. The van der Waals surface area contributed by atoms with E-state index < -0.39 is 17.7 Å². The summed E-state index contributed by atoms with van der Waals surface area (Å²) in [5.41, 5.74) is 1.14. The summed E-state index contributed by atoms with van der Waals surface area (Å²) in [7, 11) is 0. The number of carbonyl (C=O) groups excluding carboxylic acids is 1. The zero-order chi connectivity index (χ0) is 18.6. The van der Waals surface area contributed by atoms with Crippen LogP contribution < -0.4 is 0 Å². The molecule has 0 aliphatic rings. The summed E-state index contributed by atoms with van der Waals surface area (Å²) < 4.78 is 43.1. The maximum atomic E-state index is 12.7. The summed E-state index contributed by atoms with van der Waals surface area (Å²) in [6, 6.07) is 6.67. The van der Waals surface area contributed by atoms with Crippen molar-refractivity contribution in [2.75, 3.05) is 0 Å². The maximum Gasteiger partial charge on any atom is 0.416 e. The molecule has 0 spiro atoms. The van der Waals surface area contributed by atoms with Crippen LogP contribution in [0.4, 0.5) is 13.2 Å². The van der Waals surface area contributed by atoms with E-state index in [1.807, 2.05) is 16.8 Å². The van der Waals surface area contributed by atoms with Crippen LogP contribution in [0.15, 0.2) is 52.5 Å². The van der Waals surface area contributed by atoms with Crippen molar-refractivity contribution in [1.82, 2.24) is 4.98 Å². The molecule has 8 heteroatoms. The zero-order valence-corrected chi connectivity index (χ0v) is 14.8. The summed E-state index contributed by atoms with van der Waals surface area (Å²) in [5, 5.41) is 6.58. The van der Waals surface area contributed by atoms with Gasteiger partial charge in [0.25, 0.3) is 0 Å². The topological polar surface area (TPSA) is 39.2 Å². The van der Waals surface area contributed by atoms with E-state index in [0.29, 0.717) is 5.69 Å². The lowest BCUT2D eigenvalue weighted by molar-refractivity contribution is -0.139. The van der Waals surface area contributed by atoms with Gasteiger partial charge in [0, 0.05) is 22.4 Å². The minimum absolute atomic E-state index is 0.00635. The summed E-state index contributed by atoms with van der Waals surface area (Å²) in [6.45, 7) is 0.00635. The highest BCUT2D eigenvalue weighted by atomic mass is 32.1. The molecular formula is C18H12F3NO2S2. The third-order valence-electron chi connectivity index (χ3n) is 3.31. The Kier molecular flexibility index (Phi) is 5.53. The Balaban J connectivity index is 1.57. The minimum Gasteiger partial charge on any atom is -0.456 e. The third-order valence-corrected chi connectivity index (χ3v) is 4.93. The van der Waals surface area contributed by atoms with Gasteiger partial charge in [-0.25, -0.2) is 9.78 Å². The van der Waals surface area contributed by atoms with E-state index in [1.165, 1.54) is 29.5 Å². The van der Waals surface area contributed by atoms with Crippen molar-refractivity contribution in [3.8, 4) is 10.6 Å². The van der Waals surface area contributed by atoms with E-state index in [4.69, 9.17) is 4.74 Å². The number of thiophene rings is 1. The number of ether oxygens (including phenoxy) is 1. The Morgan fingerprint density at radius 3 is 2.81 bits per heavy atom. The molecule has 0 aliphatic carbocycles. The van der Waals surface area contributed by atoms with Gasteiger partial charge in [-0.2, -0.15) is 24.5 Å². The van der Waals surface area contributed by atoms with Gasteiger partial charge in [0.1, 0.15) is 11.6 Å². The van der Waals surface area contributed by atoms with Crippen LogP contribution in [0.25, 0.3) is 16.6 Å². The average molecular weight is 395 g/mol. The first-order chi connectivity index (χ1) is 12.4. The molecule has 2 heterocycles. The first-order valence-corrected chi connectivity index (χ1v) is 9.23. The smallest absolute Gasteiger partial charge is 0.416 e. The Bertz CT molecular complexity index is 915. The standard InChI is InChI=1S/C18H12F3NO2S2/c19-18(20,21)14-3-1-2-12(8-14)4-5-16(23)24-9-15-11-26-17(22-15)13-6-7-25-10-13/h1-8,10-11H,9H2/b5-4+.